The Morgan fingerprint density at radius 3 is 2.30 bits per heavy atom. The van der Waals surface area contributed by atoms with Gasteiger partial charge in [-0.05, 0) is 26.9 Å². The molecule has 0 saturated heterocycles. The molecule has 10 heavy (non-hydrogen) atoms. The molecule has 0 aromatic carbocycles. The van der Waals surface area contributed by atoms with Crippen LogP contribution in [-0.4, -0.2) is 32.3 Å². The maximum absolute atomic E-state index is 5.24. The van der Waals surface area contributed by atoms with E-state index in [4.69, 9.17) is 4.74 Å². The van der Waals surface area contributed by atoms with Crippen molar-refractivity contribution in [3.05, 3.63) is 0 Å². The summed E-state index contributed by atoms with van der Waals surface area (Å²) in [6.45, 7) is 2.20. The maximum atomic E-state index is 5.24. The zero-order valence-electron chi connectivity index (χ0n) is 7.55. The highest BCUT2D eigenvalue weighted by atomic mass is 16.5. The molecule has 0 heterocycles. The first-order valence-corrected chi connectivity index (χ1v) is 3.91. The summed E-state index contributed by atoms with van der Waals surface area (Å²) in [5.41, 5.74) is 0. The average Bonchev–Trinajstić information content (AvgIpc) is 1.89. The Hall–Kier alpha value is -0.0800. The Morgan fingerprint density at radius 2 is 2.00 bits per heavy atom. The predicted octanol–water partition coefficient (Wildman–Crippen LogP) is 1.71. The summed E-state index contributed by atoms with van der Waals surface area (Å²) in [4.78, 5) is 2.11. The molecule has 1 atom stereocenters. The van der Waals surface area contributed by atoms with E-state index in [9.17, 15) is 0 Å². The van der Waals surface area contributed by atoms with E-state index in [2.05, 4.69) is 11.8 Å². The molecule has 0 aliphatic carbocycles. The lowest BCUT2D eigenvalue weighted by molar-refractivity contribution is -0.0105. The van der Waals surface area contributed by atoms with Gasteiger partial charge >= 0.3 is 0 Å². The Kier molecular flexibility index (Phi) is 5.64. The summed E-state index contributed by atoms with van der Waals surface area (Å²) < 4.78 is 5.24. The van der Waals surface area contributed by atoms with Crippen LogP contribution in [-0.2, 0) is 4.74 Å². The van der Waals surface area contributed by atoms with Crippen molar-refractivity contribution in [3.8, 4) is 0 Å². The highest BCUT2D eigenvalue weighted by Gasteiger charge is 2.07. The molecule has 0 radical (unpaired) electrons. The van der Waals surface area contributed by atoms with Crippen LogP contribution in [0.3, 0.4) is 0 Å². The number of rotatable bonds is 5. The third-order valence-electron chi connectivity index (χ3n) is 1.65. The van der Waals surface area contributed by atoms with Gasteiger partial charge in [0.1, 0.15) is 6.23 Å². The van der Waals surface area contributed by atoms with Crippen molar-refractivity contribution < 1.29 is 4.74 Å². The highest BCUT2D eigenvalue weighted by Crippen LogP contribution is 2.05. The fraction of sp³-hybridized carbons (Fsp3) is 1.00. The zero-order chi connectivity index (χ0) is 7.98. The van der Waals surface area contributed by atoms with E-state index < -0.39 is 0 Å². The SMILES string of the molecule is CCCCC(OC)N(C)C. The van der Waals surface area contributed by atoms with E-state index in [-0.39, 0.29) is 0 Å². The van der Waals surface area contributed by atoms with Crippen LogP contribution < -0.4 is 0 Å². The van der Waals surface area contributed by atoms with E-state index in [1.807, 2.05) is 14.1 Å². The van der Waals surface area contributed by atoms with E-state index in [0.717, 1.165) is 6.42 Å². The van der Waals surface area contributed by atoms with Gasteiger partial charge in [0.15, 0.2) is 0 Å². The summed E-state index contributed by atoms with van der Waals surface area (Å²) >= 11 is 0. The van der Waals surface area contributed by atoms with Gasteiger partial charge in [0, 0.05) is 7.11 Å². The monoisotopic (exact) mass is 145 g/mol. The minimum atomic E-state index is 0.306. The summed E-state index contributed by atoms with van der Waals surface area (Å²) in [6.07, 6.45) is 3.93. The first-order chi connectivity index (χ1) is 4.72. The molecule has 1 unspecified atom stereocenters. The van der Waals surface area contributed by atoms with E-state index in [1.165, 1.54) is 12.8 Å². The molecular weight excluding hydrogens is 126 g/mol. The molecule has 0 aliphatic heterocycles. The van der Waals surface area contributed by atoms with Gasteiger partial charge in [0.25, 0.3) is 0 Å². The van der Waals surface area contributed by atoms with Gasteiger partial charge < -0.3 is 4.74 Å². The van der Waals surface area contributed by atoms with Crippen LogP contribution in [0.5, 0.6) is 0 Å². The molecule has 0 N–H and O–H groups in total. The third-order valence-corrected chi connectivity index (χ3v) is 1.65. The summed E-state index contributed by atoms with van der Waals surface area (Å²) in [5.74, 6) is 0. The van der Waals surface area contributed by atoms with Gasteiger partial charge in [0.2, 0.25) is 0 Å². The molecule has 2 nitrogen and oxygen atoms in total. The molecule has 0 fully saturated rings. The lowest BCUT2D eigenvalue weighted by atomic mass is 10.2. The lowest BCUT2D eigenvalue weighted by Crippen LogP contribution is -2.29. The second-order valence-corrected chi connectivity index (χ2v) is 2.80. The summed E-state index contributed by atoms with van der Waals surface area (Å²) in [7, 11) is 5.86. The van der Waals surface area contributed by atoms with Crippen molar-refractivity contribution in [2.75, 3.05) is 21.2 Å². The van der Waals surface area contributed by atoms with Crippen molar-refractivity contribution in [3.63, 3.8) is 0 Å². The molecular formula is C8H19NO. The van der Waals surface area contributed by atoms with Gasteiger partial charge in [-0.15, -0.1) is 0 Å². The minimum absolute atomic E-state index is 0.306. The van der Waals surface area contributed by atoms with E-state index >= 15 is 0 Å². The standard InChI is InChI=1S/C8H19NO/c1-5-6-7-8(10-4)9(2)3/h8H,5-7H2,1-4H3. The Morgan fingerprint density at radius 1 is 1.40 bits per heavy atom. The summed E-state index contributed by atoms with van der Waals surface area (Å²) in [6, 6.07) is 0. The zero-order valence-corrected chi connectivity index (χ0v) is 7.55. The topological polar surface area (TPSA) is 12.5 Å². The second kappa shape index (κ2) is 5.69. The molecule has 0 amide bonds. The minimum Gasteiger partial charge on any atom is -0.366 e. The van der Waals surface area contributed by atoms with Crippen LogP contribution >= 0.6 is 0 Å². The molecule has 2 heteroatoms. The van der Waals surface area contributed by atoms with Crippen LogP contribution in [0, 0.1) is 0 Å². The average molecular weight is 145 g/mol. The Labute approximate surface area is 64.2 Å². The van der Waals surface area contributed by atoms with Crippen LogP contribution in [0.15, 0.2) is 0 Å². The highest BCUT2D eigenvalue weighted by molar-refractivity contribution is 4.52. The molecule has 0 saturated carbocycles. The van der Waals surface area contributed by atoms with Gasteiger partial charge in [-0.3, -0.25) is 4.90 Å². The molecule has 0 rings (SSSR count). The van der Waals surface area contributed by atoms with Crippen molar-refractivity contribution in [2.45, 2.75) is 32.4 Å². The van der Waals surface area contributed by atoms with Crippen molar-refractivity contribution in [1.29, 1.82) is 0 Å². The molecule has 0 aromatic heterocycles. The fourth-order valence-electron chi connectivity index (χ4n) is 0.966. The fourth-order valence-corrected chi connectivity index (χ4v) is 0.966. The molecule has 0 spiro atoms. The number of hydrogen-bond acceptors (Lipinski definition) is 2. The van der Waals surface area contributed by atoms with Crippen molar-refractivity contribution in [1.82, 2.24) is 4.90 Å². The number of ether oxygens (including phenoxy) is 1. The molecule has 62 valence electrons. The lowest BCUT2D eigenvalue weighted by Gasteiger charge is -2.21. The quantitative estimate of drug-likeness (QED) is 0.546. The first-order valence-electron chi connectivity index (χ1n) is 3.91. The number of unbranched alkanes of at least 4 members (excludes halogenated alkanes) is 1. The number of methoxy groups -OCH3 is 1. The molecule has 0 bridgehead atoms. The van der Waals surface area contributed by atoms with Crippen molar-refractivity contribution >= 4 is 0 Å². The molecule has 0 aromatic rings. The van der Waals surface area contributed by atoms with Crippen LogP contribution in [0.25, 0.3) is 0 Å². The van der Waals surface area contributed by atoms with Gasteiger partial charge in [-0.2, -0.15) is 0 Å². The third kappa shape index (κ3) is 3.85. The molecule has 0 aliphatic rings. The normalized spacial score (nSPS) is 14.1. The van der Waals surface area contributed by atoms with Gasteiger partial charge in [-0.25, -0.2) is 0 Å². The Bertz CT molecular complexity index is 73.7. The van der Waals surface area contributed by atoms with E-state index in [1.54, 1.807) is 7.11 Å². The number of hydrogen-bond donors (Lipinski definition) is 0. The van der Waals surface area contributed by atoms with Crippen LogP contribution in [0.4, 0.5) is 0 Å². The van der Waals surface area contributed by atoms with Gasteiger partial charge in [0.05, 0.1) is 0 Å². The summed E-state index contributed by atoms with van der Waals surface area (Å²) in [5, 5.41) is 0. The van der Waals surface area contributed by atoms with Crippen LogP contribution in [0.2, 0.25) is 0 Å². The van der Waals surface area contributed by atoms with Crippen LogP contribution in [0.1, 0.15) is 26.2 Å². The second-order valence-electron chi connectivity index (χ2n) is 2.80. The predicted molar refractivity (Wildman–Crippen MR) is 44.0 cm³/mol. The maximum Gasteiger partial charge on any atom is 0.109 e. The van der Waals surface area contributed by atoms with E-state index in [0.29, 0.717) is 6.23 Å². The first kappa shape index (κ1) is 9.92. The number of nitrogens with zero attached hydrogens (tertiary/aromatic N) is 1. The Balaban J connectivity index is 3.40. The largest absolute Gasteiger partial charge is 0.366 e. The van der Waals surface area contributed by atoms with Gasteiger partial charge in [-0.1, -0.05) is 13.3 Å². The smallest absolute Gasteiger partial charge is 0.109 e. The van der Waals surface area contributed by atoms with Crippen molar-refractivity contribution in [2.24, 2.45) is 0 Å².